The summed E-state index contributed by atoms with van der Waals surface area (Å²) in [4.78, 5) is -0.236. The summed E-state index contributed by atoms with van der Waals surface area (Å²) in [5.74, 6) is -0.828. The molecule has 0 spiro atoms. The highest BCUT2D eigenvalue weighted by atomic mass is 32.2. The van der Waals surface area contributed by atoms with Crippen LogP contribution in [-0.4, -0.2) is 8.42 Å². The van der Waals surface area contributed by atoms with E-state index in [4.69, 9.17) is 10.5 Å². The van der Waals surface area contributed by atoms with Gasteiger partial charge in [-0.2, -0.15) is 10.5 Å². The van der Waals surface area contributed by atoms with Crippen molar-refractivity contribution in [2.75, 3.05) is 4.72 Å². The lowest BCUT2D eigenvalue weighted by atomic mass is 10.2. The van der Waals surface area contributed by atoms with E-state index in [1.54, 1.807) is 12.1 Å². The van der Waals surface area contributed by atoms with E-state index < -0.39 is 21.4 Å². The fraction of sp³-hybridized carbons (Fsp3) is 0. The Balaban J connectivity index is 2.52. The molecule has 0 aromatic heterocycles. The van der Waals surface area contributed by atoms with Gasteiger partial charge in [-0.15, -0.1) is 0 Å². The number of benzene rings is 2. The summed E-state index contributed by atoms with van der Waals surface area (Å²) in [6, 6.07) is 12.6. The fourth-order valence-electron chi connectivity index (χ4n) is 1.72. The summed E-state index contributed by atoms with van der Waals surface area (Å²) in [7, 11) is -4.10. The van der Waals surface area contributed by atoms with Crippen molar-refractivity contribution < 1.29 is 12.8 Å². The van der Waals surface area contributed by atoms with Crippen LogP contribution in [0.4, 0.5) is 10.1 Å². The summed E-state index contributed by atoms with van der Waals surface area (Å²) < 4.78 is 40.1. The molecule has 21 heavy (non-hydrogen) atoms. The van der Waals surface area contributed by atoms with E-state index >= 15 is 0 Å². The van der Waals surface area contributed by atoms with Crippen molar-refractivity contribution in [1.82, 2.24) is 0 Å². The molecule has 0 unspecified atom stereocenters. The van der Waals surface area contributed by atoms with Crippen LogP contribution in [0.5, 0.6) is 0 Å². The summed E-state index contributed by atoms with van der Waals surface area (Å²) >= 11 is 0. The van der Waals surface area contributed by atoms with Crippen LogP contribution in [0.2, 0.25) is 0 Å². The maximum Gasteiger partial charge on any atom is 0.263 e. The first-order chi connectivity index (χ1) is 9.99. The van der Waals surface area contributed by atoms with E-state index in [1.807, 2.05) is 0 Å². The fourth-order valence-corrected chi connectivity index (χ4v) is 2.95. The zero-order valence-corrected chi connectivity index (χ0v) is 11.4. The smallest absolute Gasteiger partial charge is 0.263 e. The third-order valence-corrected chi connectivity index (χ3v) is 4.09. The minimum atomic E-state index is -4.10. The van der Waals surface area contributed by atoms with Crippen molar-refractivity contribution in [2.45, 2.75) is 4.90 Å². The van der Waals surface area contributed by atoms with Crippen LogP contribution in [0, 0.1) is 28.5 Å². The number of nitriles is 2. The lowest BCUT2D eigenvalue weighted by Crippen LogP contribution is -2.15. The summed E-state index contributed by atoms with van der Waals surface area (Å²) in [5.41, 5.74) is -0.624. The van der Waals surface area contributed by atoms with Crippen LogP contribution in [0.25, 0.3) is 0 Å². The summed E-state index contributed by atoms with van der Waals surface area (Å²) in [5, 5.41) is 17.8. The molecule has 1 N–H and O–H groups in total. The minimum Gasteiger partial charge on any atom is -0.278 e. The van der Waals surface area contributed by atoms with E-state index in [9.17, 15) is 12.8 Å². The quantitative estimate of drug-likeness (QED) is 0.941. The number of anilines is 1. The van der Waals surface area contributed by atoms with Gasteiger partial charge in [0, 0.05) is 0 Å². The van der Waals surface area contributed by atoms with Crippen LogP contribution in [0.3, 0.4) is 0 Å². The molecule has 0 radical (unpaired) electrons. The number of nitrogens with one attached hydrogen (secondary N) is 1. The van der Waals surface area contributed by atoms with E-state index in [2.05, 4.69) is 4.72 Å². The number of rotatable bonds is 3. The van der Waals surface area contributed by atoms with Gasteiger partial charge in [0.05, 0.1) is 11.3 Å². The van der Waals surface area contributed by atoms with Crippen molar-refractivity contribution in [3.05, 3.63) is 59.4 Å². The number of hydrogen-bond donors (Lipinski definition) is 1. The van der Waals surface area contributed by atoms with Crippen molar-refractivity contribution in [3.8, 4) is 12.1 Å². The average Bonchev–Trinajstić information content (AvgIpc) is 2.47. The molecule has 2 rings (SSSR count). The highest BCUT2D eigenvalue weighted by molar-refractivity contribution is 7.92. The van der Waals surface area contributed by atoms with Crippen LogP contribution in [-0.2, 0) is 10.0 Å². The zero-order chi connectivity index (χ0) is 15.5. The van der Waals surface area contributed by atoms with Gasteiger partial charge < -0.3 is 0 Å². The Kier molecular flexibility index (Phi) is 3.88. The van der Waals surface area contributed by atoms with Gasteiger partial charge in [-0.05, 0) is 24.3 Å². The predicted molar refractivity (Wildman–Crippen MR) is 73.1 cm³/mol. The molecule has 0 amide bonds. The van der Waals surface area contributed by atoms with Crippen molar-refractivity contribution >= 4 is 15.7 Å². The minimum absolute atomic E-state index is 0.0417. The van der Waals surface area contributed by atoms with E-state index in [0.29, 0.717) is 0 Å². The first kappa shape index (κ1) is 14.5. The van der Waals surface area contributed by atoms with Gasteiger partial charge in [0.15, 0.2) is 0 Å². The lowest BCUT2D eigenvalue weighted by Gasteiger charge is -2.10. The molecule has 7 heteroatoms. The van der Waals surface area contributed by atoms with Gasteiger partial charge in [0.25, 0.3) is 10.0 Å². The topological polar surface area (TPSA) is 93.8 Å². The zero-order valence-electron chi connectivity index (χ0n) is 10.5. The molecule has 0 heterocycles. The Morgan fingerprint density at radius 1 is 1.00 bits per heavy atom. The van der Waals surface area contributed by atoms with Crippen LogP contribution in [0.15, 0.2) is 47.4 Å². The molecule has 0 aliphatic rings. The highest BCUT2D eigenvalue weighted by Gasteiger charge is 2.20. The summed E-state index contributed by atoms with van der Waals surface area (Å²) in [6.07, 6.45) is 0. The first-order valence-electron chi connectivity index (χ1n) is 5.70. The second-order valence-electron chi connectivity index (χ2n) is 3.99. The standard InChI is InChI=1S/C14H8FN3O2S/c15-12-5-3-6-13(11(12)9-17)18-21(19,20)14-7-2-1-4-10(14)8-16/h1-7,18H. The maximum absolute atomic E-state index is 13.5. The predicted octanol–water partition coefficient (Wildman–Crippen LogP) is 2.37. The largest absolute Gasteiger partial charge is 0.278 e. The van der Waals surface area contributed by atoms with Crippen LogP contribution in [0.1, 0.15) is 11.1 Å². The van der Waals surface area contributed by atoms with Crippen molar-refractivity contribution in [1.29, 1.82) is 10.5 Å². The molecule has 104 valence electrons. The van der Waals surface area contributed by atoms with Gasteiger partial charge in [0.1, 0.15) is 28.4 Å². The third-order valence-electron chi connectivity index (χ3n) is 2.67. The molecule has 0 aliphatic heterocycles. The van der Waals surface area contributed by atoms with Gasteiger partial charge in [-0.1, -0.05) is 18.2 Å². The number of sulfonamides is 1. The third kappa shape index (κ3) is 2.83. The van der Waals surface area contributed by atoms with Crippen molar-refractivity contribution in [3.63, 3.8) is 0 Å². The number of halogens is 1. The molecular formula is C14H8FN3O2S. The van der Waals surface area contributed by atoms with E-state index in [0.717, 1.165) is 6.07 Å². The Hall–Kier alpha value is -2.90. The molecule has 0 atom stereocenters. The highest BCUT2D eigenvalue weighted by Crippen LogP contribution is 2.23. The van der Waals surface area contributed by atoms with Gasteiger partial charge in [-0.3, -0.25) is 4.72 Å². The SMILES string of the molecule is N#Cc1ccccc1S(=O)(=O)Nc1cccc(F)c1C#N. The second-order valence-corrected chi connectivity index (χ2v) is 5.64. The summed E-state index contributed by atoms with van der Waals surface area (Å²) in [6.45, 7) is 0. The first-order valence-corrected chi connectivity index (χ1v) is 7.18. The molecular weight excluding hydrogens is 293 g/mol. The number of hydrogen-bond acceptors (Lipinski definition) is 4. The Morgan fingerprint density at radius 2 is 1.71 bits per heavy atom. The Labute approximate surface area is 120 Å². The number of nitrogens with zero attached hydrogens (tertiary/aromatic N) is 2. The van der Waals surface area contributed by atoms with Gasteiger partial charge >= 0.3 is 0 Å². The normalized spacial score (nSPS) is 10.4. The monoisotopic (exact) mass is 301 g/mol. The Morgan fingerprint density at radius 3 is 2.38 bits per heavy atom. The van der Waals surface area contributed by atoms with Crippen LogP contribution >= 0.6 is 0 Å². The van der Waals surface area contributed by atoms with Gasteiger partial charge in [-0.25, -0.2) is 12.8 Å². The molecule has 0 saturated carbocycles. The molecule has 0 saturated heterocycles. The van der Waals surface area contributed by atoms with E-state index in [1.165, 1.54) is 36.4 Å². The molecule has 2 aromatic rings. The second kappa shape index (κ2) is 5.61. The average molecular weight is 301 g/mol. The molecule has 0 bridgehead atoms. The van der Waals surface area contributed by atoms with Gasteiger partial charge in [0.2, 0.25) is 0 Å². The molecule has 2 aromatic carbocycles. The van der Waals surface area contributed by atoms with Crippen molar-refractivity contribution in [2.24, 2.45) is 0 Å². The Bertz CT molecular complexity index is 880. The maximum atomic E-state index is 13.5. The molecule has 0 aliphatic carbocycles. The van der Waals surface area contributed by atoms with E-state index in [-0.39, 0.29) is 16.1 Å². The van der Waals surface area contributed by atoms with Crippen LogP contribution < -0.4 is 4.72 Å². The molecule has 0 fully saturated rings. The lowest BCUT2D eigenvalue weighted by molar-refractivity contribution is 0.600. The molecule has 5 nitrogen and oxygen atoms in total.